The van der Waals surface area contributed by atoms with Gasteiger partial charge in [-0.3, -0.25) is 9.59 Å². The molecule has 0 saturated heterocycles. The van der Waals surface area contributed by atoms with Gasteiger partial charge < -0.3 is 20.5 Å². The Morgan fingerprint density at radius 1 is 1.00 bits per heavy atom. The predicted octanol–water partition coefficient (Wildman–Crippen LogP) is 4.60. The number of carbonyl (C=O) groups excluding carboxylic acids is 2. The van der Waals surface area contributed by atoms with E-state index in [-0.39, 0.29) is 24.9 Å². The van der Waals surface area contributed by atoms with E-state index in [1.165, 1.54) is 0 Å². The van der Waals surface area contributed by atoms with Crippen molar-refractivity contribution in [1.82, 2.24) is 10.6 Å². The Morgan fingerprint density at radius 2 is 1.59 bits per heavy atom. The summed E-state index contributed by atoms with van der Waals surface area (Å²) in [6.07, 6.45) is 3.36. The summed E-state index contributed by atoms with van der Waals surface area (Å²) < 4.78 is 5.69. The molecule has 0 spiro atoms. The average molecular weight is 465 g/mol. The van der Waals surface area contributed by atoms with Crippen LogP contribution < -0.4 is 10.6 Å². The van der Waals surface area contributed by atoms with Gasteiger partial charge in [0, 0.05) is 12.0 Å². The smallest absolute Gasteiger partial charge is 0.408 e. The SMILES string of the molecule is CC[C@@H](CC(=O)O)NC(=O)C1(NC(=O)OCC2c3ccccc3-c3ccccc32)CCCCC1. The fourth-order valence-corrected chi connectivity index (χ4v) is 5.23. The maximum Gasteiger partial charge on any atom is 0.408 e. The first-order chi connectivity index (χ1) is 16.4. The number of amides is 2. The van der Waals surface area contributed by atoms with Crippen LogP contribution >= 0.6 is 0 Å². The lowest BCUT2D eigenvalue weighted by molar-refractivity contribution is -0.138. The van der Waals surface area contributed by atoms with Gasteiger partial charge >= 0.3 is 12.1 Å². The third-order valence-electron chi connectivity index (χ3n) is 7.08. The first kappa shape index (κ1) is 23.8. The molecule has 0 heterocycles. The van der Waals surface area contributed by atoms with Crippen LogP contribution in [0.4, 0.5) is 4.79 Å². The highest BCUT2D eigenvalue weighted by molar-refractivity contribution is 5.90. The molecule has 0 bridgehead atoms. The highest BCUT2D eigenvalue weighted by atomic mass is 16.5. The van der Waals surface area contributed by atoms with Crippen molar-refractivity contribution < 1.29 is 24.2 Å². The summed E-state index contributed by atoms with van der Waals surface area (Å²) in [5, 5.41) is 14.8. The predicted molar refractivity (Wildman–Crippen MR) is 128 cm³/mol. The van der Waals surface area contributed by atoms with Gasteiger partial charge in [0.15, 0.2) is 0 Å². The van der Waals surface area contributed by atoms with Crippen molar-refractivity contribution >= 4 is 18.0 Å². The molecule has 2 aliphatic carbocycles. The average Bonchev–Trinajstić information content (AvgIpc) is 3.16. The summed E-state index contributed by atoms with van der Waals surface area (Å²) in [6.45, 7) is 2.01. The molecular formula is C27H32N2O5. The highest BCUT2D eigenvalue weighted by Crippen LogP contribution is 2.44. The van der Waals surface area contributed by atoms with Crippen molar-refractivity contribution in [1.29, 1.82) is 0 Å². The van der Waals surface area contributed by atoms with Crippen molar-refractivity contribution in [3.05, 3.63) is 59.7 Å². The van der Waals surface area contributed by atoms with Crippen LogP contribution in [0.15, 0.2) is 48.5 Å². The Kier molecular flexibility index (Phi) is 7.20. The minimum atomic E-state index is -1.08. The van der Waals surface area contributed by atoms with E-state index < -0.39 is 23.6 Å². The van der Waals surface area contributed by atoms with Crippen LogP contribution in [0.2, 0.25) is 0 Å². The summed E-state index contributed by atoms with van der Waals surface area (Å²) in [5.74, 6) is -1.35. The number of carboxylic acid groups (broad SMARTS) is 1. The van der Waals surface area contributed by atoms with Gasteiger partial charge in [0.05, 0.1) is 6.42 Å². The van der Waals surface area contributed by atoms with E-state index in [4.69, 9.17) is 9.84 Å². The lowest BCUT2D eigenvalue weighted by Crippen LogP contribution is -2.61. The van der Waals surface area contributed by atoms with Crippen molar-refractivity contribution in [3.8, 4) is 11.1 Å². The first-order valence-corrected chi connectivity index (χ1v) is 12.1. The second kappa shape index (κ2) is 10.3. The number of ether oxygens (including phenoxy) is 1. The number of rotatable bonds is 8. The highest BCUT2D eigenvalue weighted by Gasteiger charge is 2.42. The lowest BCUT2D eigenvalue weighted by Gasteiger charge is -2.37. The van der Waals surface area contributed by atoms with E-state index in [9.17, 15) is 14.4 Å². The molecule has 2 aromatic rings. The van der Waals surface area contributed by atoms with E-state index in [1.807, 2.05) is 31.2 Å². The standard InChI is InChI=1S/C27H32N2O5/c1-2-18(16-24(30)31)28-25(32)27(14-8-3-9-15-27)29-26(33)34-17-23-21-12-6-4-10-19(21)20-11-5-7-13-22(20)23/h4-7,10-13,18,23H,2-3,8-9,14-17H2,1H3,(H,28,32)(H,29,33)(H,30,31)/t18-/m0/s1. The fraction of sp³-hybridized carbons (Fsp3) is 0.444. The number of hydrogen-bond acceptors (Lipinski definition) is 4. The number of nitrogens with one attached hydrogen (secondary N) is 2. The molecule has 2 amide bonds. The molecule has 0 radical (unpaired) electrons. The molecule has 0 aliphatic heterocycles. The topological polar surface area (TPSA) is 105 Å². The van der Waals surface area contributed by atoms with Gasteiger partial charge in [-0.25, -0.2) is 4.79 Å². The Labute approximate surface area is 199 Å². The zero-order valence-electron chi connectivity index (χ0n) is 19.5. The Balaban J connectivity index is 1.45. The molecule has 34 heavy (non-hydrogen) atoms. The lowest BCUT2D eigenvalue weighted by atomic mass is 9.80. The summed E-state index contributed by atoms with van der Waals surface area (Å²) in [4.78, 5) is 37.3. The van der Waals surface area contributed by atoms with Crippen molar-refractivity contribution in [2.45, 2.75) is 69.4 Å². The second-order valence-electron chi connectivity index (χ2n) is 9.27. The molecule has 1 atom stereocenters. The summed E-state index contributed by atoms with van der Waals surface area (Å²) >= 11 is 0. The summed E-state index contributed by atoms with van der Waals surface area (Å²) in [7, 11) is 0. The third-order valence-corrected chi connectivity index (χ3v) is 7.08. The van der Waals surface area contributed by atoms with E-state index in [0.29, 0.717) is 19.3 Å². The molecule has 2 aliphatic rings. The van der Waals surface area contributed by atoms with Crippen LogP contribution in [-0.4, -0.2) is 41.3 Å². The number of aliphatic carboxylic acids is 1. The molecule has 180 valence electrons. The number of benzene rings is 2. The van der Waals surface area contributed by atoms with Crippen molar-refractivity contribution in [3.63, 3.8) is 0 Å². The molecule has 0 unspecified atom stereocenters. The number of carbonyl (C=O) groups is 3. The number of fused-ring (bicyclic) bond motifs is 3. The zero-order chi connectivity index (χ0) is 24.1. The molecule has 7 heteroatoms. The Bertz CT molecular complexity index is 1010. The van der Waals surface area contributed by atoms with Gasteiger partial charge in [-0.05, 0) is 41.5 Å². The molecule has 3 N–H and O–H groups in total. The van der Waals surface area contributed by atoms with Crippen LogP contribution in [0.5, 0.6) is 0 Å². The van der Waals surface area contributed by atoms with Gasteiger partial charge in [-0.1, -0.05) is 74.7 Å². The number of carboxylic acids is 1. The molecule has 0 aromatic heterocycles. The fourth-order valence-electron chi connectivity index (χ4n) is 5.23. The van der Waals surface area contributed by atoms with Crippen molar-refractivity contribution in [2.75, 3.05) is 6.61 Å². The van der Waals surface area contributed by atoms with Gasteiger partial charge in [0.1, 0.15) is 12.1 Å². The monoisotopic (exact) mass is 464 g/mol. The van der Waals surface area contributed by atoms with Crippen LogP contribution in [-0.2, 0) is 14.3 Å². The number of alkyl carbamates (subject to hydrolysis) is 1. The normalized spacial score (nSPS) is 17.2. The molecule has 4 rings (SSSR count). The van der Waals surface area contributed by atoms with E-state index in [1.54, 1.807) is 0 Å². The van der Waals surface area contributed by atoms with Crippen LogP contribution in [0.3, 0.4) is 0 Å². The number of hydrogen-bond donors (Lipinski definition) is 3. The Morgan fingerprint density at radius 3 is 2.15 bits per heavy atom. The summed E-state index contributed by atoms with van der Waals surface area (Å²) in [5.41, 5.74) is 3.48. The minimum absolute atomic E-state index is 0.0608. The van der Waals surface area contributed by atoms with E-state index in [2.05, 4.69) is 34.9 Å². The van der Waals surface area contributed by atoms with Crippen LogP contribution in [0, 0.1) is 0 Å². The third kappa shape index (κ3) is 4.93. The summed E-state index contributed by atoms with van der Waals surface area (Å²) in [6, 6.07) is 15.8. The van der Waals surface area contributed by atoms with Crippen LogP contribution in [0.1, 0.15) is 68.9 Å². The van der Waals surface area contributed by atoms with E-state index >= 15 is 0 Å². The van der Waals surface area contributed by atoms with Gasteiger partial charge in [0.25, 0.3) is 0 Å². The second-order valence-corrected chi connectivity index (χ2v) is 9.27. The Hall–Kier alpha value is -3.35. The molecule has 1 saturated carbocycles. The first-order valence-electron chi connectivity index (χ1n) is 12.1. The molecule has 2 aromatic carbocycles. The molecule has 7 nitrogen and oxygen atoms in total. The zero-order valence-corrected chi connectivity index (χ0v) is 19.5. The van der Waals surface area contributed by atoms with E-state index in [0.717, 1.165) is 41.5 Å². The van der Waals surface area contributed by atoms with Crippen molar-refractivity contribution in [2.24, 2.45) is 0 Å². The molecule has 1 fully saturated rings. The largest absolute Gasteiger partial charge is 0.481 e. The maximum absolute atomic E-state index is 13.2. The minimum Gasteiger partial charge on any atom is -0.481 e. The van der Waals surface area contributed by atoms with Gasteiger partial charge in [0.2, 0.25) is 5.91 Å². The van der Waals surface area contributed by atoms with Crippen LogP contribution in [0.25, 0.3) is 11.1 Å². The van der Waals surface area contributed by atoms with Gasteiger partial charge in [-0.15, -0.1) is 0 Å². The molecular weight excluding hydrogens is 432 g/mol. The maximum atomic E-state index is 13.2. The quantitative estimate of drug-likeness (QED) is 0.530. The van der Waals surface area contributed by atoms with Gasteiger partial charge in [-0.2, -0.15) is 0 Å².